The van der Waals surface area contributed by atoms with E-state index in [1.54, 1.807) is 0 Å². The fourth-order valence-electron chi connectivity index (χ4n) is 6.38. The van der Waals surface area contributed by atoms with Gasteiger partial charge in [-0.25, -0.2) is 0 Å². The lowest BCUT2D eigenvalue weighted by atomic mass is 10.0. The van der Waals surface area contributed by atoms with Crippen molar-refractivity contribution < 1.29 is 30.5 Å². The molecule has 1 aliphatic heterocycles. The Hall–Kier alpha value is -4.09. The summed E-state index contributed by atoms with van der Waals surface area (Å²) in [5.74, 6) is -0.509. The van der Waals surface area contributed by atoms with Crippen molar-refractivity contribution in [1.82, 2.24) is 4.57 Å². The zero-order valence-corrected chi connectivity index (χ0v) is 26.3. The van der Waals surface area contributed by atoms with Crippen molar-refractivity contribution in [3.63, 3.8) is 0 Å². The molecule has 0 saturated heterocycles. The third-order valence-corrected chi connectivity index (χ3v) is 9.89. The average Bonchev–Trinajstić information content (AvgIpc) is 3.47. The van der Waals surface area contributed by atoms with Crippen LogP contribution in [0.15, 0.2) is 97.1 Å². The fourth-order valence-corrected chi connectivity index (χ4v) is 7.51. The summed E-state index contributed by atoms with van der Waals surface area (Å²) in [5.41, 5.74) is 4.32. The van der Waals surface area contributed by atoms with Crippen LogP contribution in [0.3, 0.4) is 0 Å². The SMILES string of the molecule is O=S(=O)(O)CCCCn1/c(=C/C=C/C=C/C2=[N+](CCCCS(=O)(=O)O)c3cccc4cccc2c34)c2cccc3cccc1c32. The van der Waals surface area contributed by atoms with Gasteiger partial charge in [0.25, 0.3) is 20.2 Å². The van der Waals surface area contributed by atoms with Gasteiger partial charge < -0.3 is 4.57 Å². The maximum absolute atomic E-state index is 11.2. The van der Waals surface area contributed by atoms with Crippen molar-refractivity contribution in [2.45, 2.75) is 32.2 Å². The number of aryl methyl sites for hydroxylation is 1. The molecule has 6 rings (SSSR count). The van der Waals surface area contributed by atoms with Crippen molar-refractivity contribution >= 4 is 70.2 Å². The lowest BCUT2D eigenvalue weighted by Crippen LogP contribution is -2.17. The van der Waals surface area contributed by atoms with Crippen LogP contribution in [-0.4, -0.2) is 58.8 Å². The van der Waals surface area contributed by atoms with Crippen LogP contribution in [0, 0.1) is 0 Å². The van der Waals surface area contributed by atoms with E-state index in [2.05, 4.69) is 69.8 Å². The Labute approximate surface area is 262 Å². The maximum atomic E-state index is 11.2. The minimum atomic E-state index is -3.99. The molecule has 0 aliphatic carbocycles. The Morgan fingerprint density at radius 1 is 0.689 bits per heavy atom. The van der Waals surface area contributed by atoms with Gasteiger partial charge in [0, 0.05) is 46.7 Å². The number of rotatable bonds is 13. The number of unbranched alkanes of at least 4 members (excludes halogenated alkanes) is 2. The highest BCUT2D eigenvalue weighted by Gasteiger charge is 2.29. The van der Waals surface area contributed by atoms with Crippen molar-refractivity contribution in [3.8, 4) is 0 Å². The molecule has 45 heavy (non-hydrogen) atoms. The highest BCUT2D eigenvalue weighted by molar-refractivity contribution is 7.86. The third kappa shape index (κ3) is 6.79. The summed E-state index contributed by atoms with van der Waals surface area (Å²) in [6, 6.07) is 24.9. The first-order valence-electron chi connectivity index (χ1n) is 15.0. The number of hydrogen-bond donors (Lipinski definition) is 2. The summed E-state index contributed by atoms with van der Waals surface area (Å²) in [6.45, 7) is 1.23. The van der Waals surface area contributed by atoms with Crippen molar-refractivity contribution in [2.75, 3.05) is 18.1 Å². The van der Waals surface area contributed by atoms with Gasteiger partial charge in [-0.1, -0.05) is 72.8 Å². The molecule has 0 unspecified atom stereocenters. The summed E-state index contributed by atoms with van der Waals surface area (Å²) in [7, 11) is -7.99. The molecule has 2 N–H and O–H groups in total. The molecule has 232 valence electrons. The Morgan fingerprint density at radius 2 is 1.33 bits per heavy atom. The van der Waals surface area contributed by atoms with E-state index in [-0.39, 0.29) is 11.5 Å². The summed E-state index contributed by atoms with van der Waals surface area (Å²) in [6.07, 6.45) is 12.1. The average molecular weight is 644 g/mol. The molecule has 0 atom stereocenters. The topological polar surface area (TPSA) is 117 Å². The summed E-state index contributed by atoms with van der Waals surface area (Å²) >= 11 is 0. The van der Waals surface area contributed by atoms with Gasteiger partial charge in [-0.15, -0.1) is 0 Å². The van der Waals surface area contributed by atoms with E-state index in [1.807, 2.05) is 42.5 Å². The van der Waals surface area contributed by atoms with E-state index in [4.69, 9.17) is 9.11 Å². The quantitative estimate of drug-likeness (QED) is 0.0699. The van der Waals surface area contributed by atoms with Crippen LogP contribution in [0.1, 0.15) is 31.2 Å². The Balaban J connectivity index is 1.31. The van der Waals surface area contributed by atoms with Crippen molar-refractivity contribution in [3.05, 3.63) is 108 Å². The van der Waals surface area contributed by atoms with Gasteiger partial charge >= 0.3 is 0 Å². The van der Waals surface area contributed by atoms with Crippen LogP contribution in [-0.2, 0) is 26.8 Å². The first-order valence-corrected chi connectivity index (χ1v) is 18.2. The highest BCUT2D eigenvalue weighted by atomic mass is 32.2. The molecule has 0 radical (unpaired) electrons. The molecule has 1 aliphatic rings. The normalized spacial score (nSPS) is 14.5. The second-order valence-electron chi connectivity index (χ2n) is 11.3. The first-order chi connectivity index (χ1) is 21.6. The van der Waals surface area contributed by atoms with Crippen molar-refractivity contribution in [2.24, 2.45) is 0 Å². The van der Waals surface area contributed by atoms with Gasteiger partial charge in [0.05, 0.1) is 22.5 Å². The van der Waals surface area contributed by atoms with Gasteiger partial charge in [-0.05, 0) is 48.2 Å². The summed E-state index contributed by atoms with van der Waals surface area (Å²) in [5, 5.41) is 6.77. The van der Waals surface area contributed by atoms with E-state index in [0.29, 0.717) is 38.8 Å². The number of allylic oxidation sites excluding steroid dienone is 4. The van der Waals surface area contributed by atoms with E-state index >= 15 is 0 Å². The van der Waals surface area contributed by atoms with E-state index in [0.717, 1.165) is 44.0 Å². The number of nitrogens with zero attached hydrogens (tertiary/aromatic N) is 2. The maximum Gasteiger partial charge on any atom is 0.264 e. The zero-order valence-electron chi connectivity index (χ0n) is 24.7. The number of aromatic nitrogens is 1. The molecule has 0 spiro atoms. The van der Waals surface area contributed by atoms with Crippen LogP contribution in [0.5, 0.6) is 0 Å². The zero-order chi connectivity index (χ0) is 31.6. The Morgan fingerprint density at radius 3 is 2.07 bits per heavy atom. The van der Waals surface area contributed by atoms with Crippen LogP contribution in [0.25, 0.3) is 38.5 Å². The van der Waals surface area contributed by atoms with E-state index in [9.17, 15) is 16.8 Å². The number of benzene rings is 4. The standard InChI is InChI=1S/C35H34N2O6S2/c38-44(39,40)24-6-4-22-36-30(28-16-8-12-26-14-10-20-32(36)34(26)28)18-2-1-3-19-31-29-17-9-13-27-15-11-21-33(35(27)29)37(31)23-5-7-25-45(41,42)43/h1-3,8-21H,4-7,22-25H2,(H-,38,39,40,41,42,43)/p+1. The summed E-state index contributed by atoms with van der Waals surface area (Å²) in [4.78, 5) is 0. The Bertz CT molecular complexity index is 2270. The Kier molecular flexibility index (Phi) is 8.74. The highest BCUT2D eigenvalue weighted by Crippen LogP contribution is 2.35. The van der Waals surface area contributed by atoms with E-state index in [1.165, 1.54) is 10.8 Å². The smallest absolute Gasteiger partial charge is 0.264 e. The van der Waals surface area contributed by atoms with Crippen molar-refractivity contribution in [1.29, 1.82) is 0 Å². The molecule has 5 aromatic rings. The fraction of sp³-hybridized carbons (Fsp3) is 0.229. The summed E-state index contributed by atoms with van der Waals surface area (Å²) < 4.78 is 67.7. The molecule has 10 heteroatoms. The molecule has 0 amide bonds. The second-order valence-corrected chi connectivity index (χ2v) is 14.5. The second kappa shape index (κ2) is 12.7. The molecule has 2 heterocycles. The van der Waals surface area contributed by atoms with Crippen LogP contribution < -0.4 is 5.35 Å². The van der Waals surface area contributed by atoms with E-state index < -0.39 is 20.2 Å². The molecule has 1 aromatic heterocycles. The minimum absolute atomic E-state index is 0.254. The predicted octanol–water partition coefficient (Wildman–Crippen LogP) is 6.04. The van der Waals surface area contributed by atoms with Gasteiger partial charge in [0.15, 0.2) is 0 Å². The largest absolute Gasteiger partial charge is 0.340 e. The molecular formula is C35H35N2O6S2+. The van der Waals surface area contributed by atoms with Gasteiger partial charge in [0.2, 0.25) is 11.4 Å². The number of hydrogen-bond acceptors (Lipinski definition) is 4. The molecule has 8 nitrogen and oxygen atoms in total. The minimum Gasteiger partial charge on any atom is -0.340 e. The predicted molar refractivity (Wildman–Crippen MR) is 182 cm³/mol. The van der Waals surface area contributed by atoms with Crippen LogP contribution in [0.2, 0.25) is 0 Å². The molecular weight excluding hydrogens is 609 g/mol. The molecule has 0 bridgehead atoms. The van der Waals surface area contributed by atoms with Crippen LogP contribution >= 0.6 is 0 Å². The van der Waals surface area contributed by atoms with Gasteiger partial charge in [0.1, 0.15) is 6.54 Å². The molecule has 4 aromatic carbocycles. The van der Waals surface area contributed by atoms with Crippen LogP contribution in [0.4, 0.5) is 5.69 Å². The lowest BCUT2D eigenvalue weighted by Gasteiger charge is -2.06. The van der Waals surface area contributed by atoms with Gasteiger partial charge in [-0.3, -0.25) is 9.11 Å². The molecule has 0 saturated carbocycles. The third-order valence-electron chi connectivity index (χ3n) is 8.28. The molecule has 0 fully saturated rings. The monoisotopic (exact) mass is 643 g/mol. The first kappa shape index (κ1) is 30.9. The lowest BCUT2D eigenvalue weighted by molar-refractivity contribution is -0.436. The van der Waals surface area contributed by atoms with Gasteiger partial charge in [-0.2, -0.15) is 21.4 Å².